The second kappa shape index (κ2) is 5.44. The molecule has 106 valence electrons. The number of para-hydroxylation sites is 2. The van der Waals surface area contributed by atoms with Gasteiger partial charge >= 0.3 is 0 Å². The standard InChI is InChI=1S/C18H18N2O/c1-3-13-8-6-7-12(2)17(13)19-11-15-14-9-4-5-10-16(14)20-18(15)21/h4-11,20-21H,3H2,1-2H3. The van der Waals surface area contributed by atoms with Crippen LogP contribution in [0.25, 0.3) is 10.9 Å². The van der Waals surface area contributed by atoms with Crippen molar-refractivity contribution in [1.29, 1.82) is 0 Å². The average Bonchev–Trinajstić information content (AvgIpc) is 2.81. The van der Waals surface area contributed by atoms with E-state index in [0.29, 0.717) is 0 Å². The second-order valence-corrected chi connectivity index (χ2v) is 5.13. The number of benzene rings is 2. The molecule has 0 amide bonds. The molecule has 0 aliphatic carbocycles. The maximum atomic E-state index is 10.1. The van der Waals surface area contributed by atoms with Crippen LogP contribution in [0.15, 0.2) is 47.5 Å². The molecule has 21 heavy (non-hydrogen) atoms. The summed E-state index contributed by atoms with van der Waals surface area (Å²) in [6, 6.07) is 14.0. The number of aromatic nitrogens is 1. The molecular formula is C18H18N2O. The van der Waals surface area contributed by atoms with Crippen LogP contribution < -0.4 is 0 Å². The molecule has 0 fully saturated rings. The van der Waals surface area contributed by atoms with Crippen LogP contribution in [-0.4, -0.2) is 16.3 Å². The minimum Gasteiger partial charge on any atom is -0.494 e. The smallest absolute Gasteiger partial charge is 0.198 e. The molecule has 0 saturated carbocycles. The Bertz CT molecular complexity index is 815. The molecule has 2 N–H and O–H groups in total. The number of hydrogen-bond acceptors (Lipinski definition) is 2. The predicted octanol–water partition coefficient (Wildman–Crippen LogP) is 4.49. The van der Waals surface area contributed by atoms with E-state index in [1.807, 2.05) is 24.3 Å². The molecule has 0 aliphatic heterocycles. The summed E-state index contributed by atoms with van der Waals surface area (Å²) in [4.78, 5) is 7.60. The highest BCUT2D eigenvalue weighted by Gasteiger charge is 2.08. The van der Waals surface area contributed by atoms with Crippen LogP contribution in [0, 0.1) is 6.92 Å². The average molecular weight is 278 g/mol. The molecule has 0 atom stereocenters. The number of aryl methyl sites for hydroxylation is 2. The van der Waals surface area contributed by atoms with E-state index in [2.05, 4.69) is 42.0 Å². The summed E-state index contributed by atoms with van der Waals surface area (Å²) >= 11 is 0. The number of H-pyrrole nitrogens is 1. The normalized spacial score (nSPS) is 11.5. The molecule has 3 rings (SSSR count). The van der Waals surface area contributed by atoms with E-state index in [4.69, 9.17) is 0 Å². The number of aromatic amines is 1. The Kier molecular flexibility index (Phi) is 3.48. The third-order valence-electron chi connectivity index (χ3n) is 3.75. The number of aromatic hydroxyl groups is 1. The van der Waals surface area contributed by atoms with Crippen molar-refractivity contribution >= 4 is 22.8 Å². The molecule has 0 aliphatic rings. The molecule has 1 heterocycles. The Morgan fingerprint density at radius 3 is 2.76 bits per heavy atom. The van der Waals surface area contributed by atoms with Crippen LogP contribution >= 0.6 is 0 Å². The minimum atomic E-state index is 0.159. The van der Waals surface area contributed by atoms with E-state index in [1.54, 1.807) is 6.21 Å². The highest BCUT2D eigenvalue weighted by molar-refractivity contribution is 6.02. The fraction of sp³-hybridized carbons (Fsp3) is 0.167. The molecule has 0 saturated heterocycles. The van der Waals surface area contributed by atoms with Gasteiger partial charge in [-0.3, -0.25) is 4.99 Å². The zero-order valence-electron chi connectivity index (χ0n) is 12.2. The highest BCUT2D eigenvalue weighted by atomic mass is 16.3. The summed E-state index contributed by atoms with van der Waals surface area (Å²) in [6.07, 6.45) is 2.68. The van der Waals surface area contributed by atoms with Crippen LogP contribution in [-0.2, 0) is 6.42 Å². The SMILES string of the molecule is CCc1cccc(C)c1N=Cc1c(O)[nH]c2ccccc12. The van der Waals surface area contributed by atoms with Gasteiger partial charge in [-0.15, -0.1) is 0 Å². The van der Waals surface area contributed by atoms with Gasteiger partial charge in [-0.2, -0.15) is 0 Å². The number of fused-ring (bicyclic) bond motifs is 1. The fourth-order valence-corrected chi connectivity index (χ4v) is 2.60. The van der Waals surface area contributed by atoms with Crippen molar-refractivity contribution in [3.8, 4) is 5.88 Å². The Balaban J connectivity index is 2.09. The van der Waals surface area contributed by atoms with Gasteiger partial charge in [0.15, 0.2) is 5.88 Å². The summed E-state index contributed by atoms with van der Waals surface area (Å²) in [5, 5.41) is 11.0. The van der Waals surface area contributed by atoms with Gasteiger partial charge in [0.1, 0.15) is 0 Å². The molecule has 3 aromatic rings. The predicted molar refractivity (Wildman–Crippen MR) is 87.8 cm³/mol. The number of rotatable bonds is 3. The summed E-state index contributed by atoms with van der Waals surface area (Å²) in [5.74, 6) is 0.159. The minimum absolute atomic E-state index is 0.159. The zero-order valence-corrected chi connectivity index (χ0v) is 12.2. The first-order valence-corrected chi connectivity index (χ1v) is 7.13. The number of aliphatic imine (C=N–C) groups is 1. The molecule has 1 aromatic heterocycles. The van der Waals surface area contributed by atoms with Gasteiger partial charge in [-0.1, -0.05) is 43.3 Å². The first-order chi connectivity index (χ1) is 10.2. The lowest BCUT2D eigenvalue weighted by atomic mass is 10.1. The van der Waals surface area contributed by atoms with Crippen LogP contribution in [0.3, 0.4) is 0 Å². The number of hydrogen-bond donors (Lipinski definition) is 2. The van der Waals surface area contributed by atoms with Crippen molar-refractivity contribution in [2.45, 2.75) is 20.3 Å². The topological polar surface area (TPSA) is 48.4 Å². The van der Waals surface area contributed by atoms with Crippen molar-refractivity contribution in [1.82, 2.24) is 4.98 Å². The van der Waals surface area contributed by atoms with Crippen molar-refractivity contribution < 1.29 is 5.11 Å². The number of nitrogens with zero attached hydrogens (tertiary/aromatic N) is 1. The maximum absolute atomic E-state index is 10.1. The van der Waals surface area contributed by atoms with E-state index < -0.39 is 0 Å². The Morgan fingerprint density at radius 1 is 1.14 bits per heavy atom. The monoisotopic (exact) mass is 278 g/mol. The van der Waals surface area contributed by atoms with Gasteiger partial charge in [0.25, 0.3) is 0 Å². The molecule has 0 bridgehead atoms. The summed E-state index contributed by atoms with van der Waals surface area (Å²) in [7, 11) is 0. The third-order valence-corrected chi connectivity index (χ3v) is 3.75. The number of nitrogens with one attached hydrogen (secondary N) is 1. The Labute approximate surface area is 124 Å². The van der Waals surface area contributed by atoms with E-state index in [9.17, 15) is 5.11 Å². The Hall–Kier alpha value is -2.55. The molecule has 0 unspecified atom stereocenters. The van der Waals surface area contributed by atoms with Crippen LogP contribution in [0.4, 0.5) is 5.69 Å². The van der Waals surface area contributed by atoms with Crippen molar-refractivity contribution in [3.63, 3.8) is 0 Å². The zero-order chi connectivity index (χ0) is 14.8. The second-order valence-electron chi connectivity index (χ2n) is 5.13. The highest BCUT2D eigenvalue weighted by Crippen LogP contribution is 2.28. The molecule has 0 radical (unpaired) electrons. The van der Waals surface area contributed by atoms with Gasteiger partial charge in [0.2, 0.25) is 0 Å². The Morgan fingerprint density at radius 2 is 1.95 bits per heavy atom. The molecule has 3 nitrogen and oxygen atoms in total. The van der Waals surface area contributed by atoms with Gasteiger partial charge < -0.3 is 10.1 Å². The van der Waals surface area contributed by atoms with E-state index >= 15 is 0 Å². The molecular weight excluding hydrogens is 260 g/mol. The summed E-state index contributed by atoms with van der Waals surface area (Å²) in [6.45, 7) is 4.18. The van der Waals surface area contributed by atoms with Gasteiger partial charge in [-0.25, -0.2) is 0 Å². The van der Waals surface area contributed by atoms with Crippen molar-refractivity contribution in [2.24, 2.45) is 4.99 Å². The molecule has 0 spiro atoms. The van der Waals surface area contributed by atoms with Gasteiger partial charge in [0, 0.05) is 17.1 Å². The summed E-state index contributed by atoms with van der Waals surface area (Å²) in [5.41, 5.74) is 4.99. The van der Waals surface area contributed by atoms with Gasteiger partial charge in [0.05, 0.1) is 11.3 Å². The van der Waals surface area contributed by atoms with Crippen LogP contribution in [0.5, 0.6) is 5.88 Å². The largest absolute Gasteiger partial charge is 0.494 e. The van der Waals surface area contributed by atoms with Crippen LogP contribution in [0.1, 0.15) is 23.6 Å². The van der Waals surface area contributed by atoms with E-state index in [1.165, 1.54) is 5.56 Å². The third kappa shape index (κ3) is 2.42. The van der Waals surface area contributed by atoms with E-state index in [0.717, 1.165) is 34.1 Å². The van der Waals surface area contributed by atoms with Crippen molar-refractivity contribution in [2.75, 3.05) is 0 Å². The lowest BCUT2D eigenvalue weighted by molar-refractivity contribution is 0.457. The maximum Gasteiger partial charge on any atom is 0.198 e. The quantitative estimate of drug-likeness (QED) is 0.681. The summed E-state index contributed by atoms with van der Waals surface area (Å²) < 4.78 is 0. The molecule has 3 heteroatoms. The van der Waals surface area contributed by atoms with E-state index in [-0.39, 0.29) is 5.88 Å². The lowest BCUT2D eigenvalue weighted by Gasteiger charge is -2.05. The van der Waals surface area contributed by atoms with Crippen molar-refractivity contribution in [3.05, 3.63) is 59.2 Å². The first-order valence-electron chi connectivity index (χ1n) is 7.13. The first kappa shape index (κ1) is 13.4. The van der Waals surface area contributed by atoms with Crippen LogP contribution in [0.2, 0.25) is 0 Å². The fourth-order valence-electron chi connectivity index (χ4n) is 2.60. The van der Waals surface area contributed by atoms with Gasteiger partial charge in [-0.05, 0) is 30.5 Å². The molecule has 2 aromatic carbocycles. The lowest BCUT2D eigenvalue weighted by Crippen LogP contribution is -1.86.